The molecule has 0 aliphatic heterocycles. The first-order valence-electron chi connectivity index (χ1n) is 3.65. The van der Waals surface area contributed by atoms with Crippen LogP contribution in [0.4, 0.5) is 0 Å². The predicted octanol–water partition coefficient (Wildman–Crippen LogP) is -5.00. The van der Waals surface area contributed by atoms with Gasteiger partial charge in [0.1, 0.15) is 0 Å². The first-order valence-corrected chi connectivity index (χ1v) is 3.65. The molecule has 2 rings (SSSR count). The Morgan fingerprint density at radius 3 is 1.36 bits per heavy atom. The number of benzene rings is 2. The fourth-order valence-corrected chi connectivity index (χ4v) is 1.25. The van der Waals surface area contributed by atoms with Crippen LogP contribution in [-0.4, -0.2) is 0 Å². The van der Waals surface area contributed by atoms with Crippen LogP contribution in [-0.2, 0) is 0 Å². The third kappa shape index (κ3) is 3.28. The van der Waals surface area contributed by atoms with Crippen molar-refractivity contribution in [1.29, 1.82) is 0 Å². The van der Waals surface area contributed by atoms with Crippen LogP contribution in [0.15, 0.2) is 36.4 Å². The van der Waals surface area contributed by atoms with Crippen molar-refractivity contribution in [2.24, 2.45) is 0 Å². The van der Waals surface area contributed by atoms with E-state index < -0.39 is 0 Å². The topological polar surface area (TPSA) is 46.1 Å². The summed E-state index contributed by atoms with van der Waals surface area (Å²) in [6.07, 6.45) is 0. The molecule has 0 N–H and O–H groups in total. The van der Waals surface area contributed by atoms with E-state index in [4.69, 9.17) is 0 Å². The van der Waals surface area contributed by atoms with Crippen LogP contribution < -0.4 is 113 Å². The number of hydrogen-bond donors (Lipinski definition) is 0. The molecule has 2 nitrogen and oxygen atoms in total. The van der Waals surface area contributed by atoms with Crippen LogP contribution in [0.3, 0.4) is 0 Å². The van der Waals surface area contributed by atoms with Gasteiger partial charge in [0.15, 0.2) is 0 Å². The summed E-state index contributed by atoms with van der Waals surface area (Å²) >= 11 is 0. The average Bonchev–Trinajstić information content (AvgIpc) is 2.07. The van der Waals surface area contributed by atoms with Gasteiger partial charge in [0.25, 0.3) is 0 Å². The van der Waals surface area contributed by atoms with Crippen molar-refractivity contribution in [3.05, 3.63) is 36.4 Å². The third-order valence-electron chi connectivity index (χ3n) is 1.84. The molecule has 0 unspecified atom stereocenters. The molecule has 0 saturated carbocycles. The van der Waals surface area contributed by atoms with E-state index in [1.54, 1.807) is 24.3 Å². The molecule has 0 saturated heterocycles. The molecular formula is C10H6K2O2. The van der Waals surface area contributed by atoms with Crippen molar-refractivity contribution in [3.8, 4) is 11.5 Å². The Kier molecular flexibility index (Phi) is 7.79. The van der Waals surface area contributed by atoms with Crippen molar-refractivity contribution in [1.82, 2.24) is 0 Å². The smallest absolute Gasteiger partial charge is 0.872 e. The normalized spacial score (nSPS) is 8.86. The van der Waals surface area contributed by atoms with Gasteiger partial charge in [-0.05, 0) is 10.8 Å². The van der Waals surface area contributed by atoms with Crippen LogP contribution >= 0.6 is 0 Å². The van der Waals surface area contributed by atoms with Gasteiger partial charge in [0.2, 0.25) is 0 Å². The standard InChI is InChI=1S/C10H8O2.2K/c11-9-5-1-3-7-8(9)4-2-6-10(7)12;;/h1-6,11-12H;;/q;2*+1/p-2. The van der Waals surface area contributed by atoms with E-state index in [9.17, 15) is 10.2 Å². The monoisotopic (exact) mass is 236 g/mol. The van der Waals surface area contributed by atoms with E-state index in [1.807, 2.05) is 0 Å². The number of fused-ring (bicyclic) bond motifs is 1. The zero-order valence-electron chi connectivity index (χ0n) is 8.28. The molecule has 0 atom stereocenters. The van der Waals surface area contributed by atoms with Crippen LogP contribution in [0.25, 0.3) is 10.8 Å². The van der Waals surface area contributed by atoms with Crippen molar-refractivity contribution in [3.63, 3.8) is 0 Å². The number of hydrogen-bond acceptors (Lipinski definition) is 2. The zero-order valence-corrected chi connectivity index (χ0v) is 14.5. The summed E-state index contributed by atoms with van der Waals surface area (Å²) in [4.78, 5) is 0. The van der Waals surface area contributed by atoms with E-state index in [0.29, 0.717) is 10.8 Å². The van der Waals surface area contributed by atoms with E-state index in [1.165, 1.54) is 12.1 Å². The Balaban J connectivity index is 0.000000845. The molecule has 0 aromatic heterocycles. The fraction of sp³-hybridized carbons (Fsp3) is 0. The van der Waals surface area contributed by atoms with E-state index >= 15 is 0 Å². The average molecular weight is 236 g/mol. The molecule has 0 bridgehead atoms. The Morgan fingerprint density at radius 2 is 1.00 bits per heavy atom. The second kappa shape index (κ2) is 7.01. The van der Waals surface area contributed by atoms with E-state index in [0.717, 1.165) is 0 Å². The van der Waals surface area contributed by atoms with Crippen molar-refractivity contribution in [2.75, 3.05) is 0 Å². The van der Waals surface area contributed by atoms with Gasteiger partial charge in [-0.1, -0.05) is 36.4 Å². The van der Waals surface area contributed by atoms with Gasteiger partial charge in [-0.15, -0.1) is 11.5 Å². The Hall–Kier alpha value is 1.57. The first-order chi connectivity index (χ1) is 5.79. The molecule has 4 heteroatoms. The fourth-order valence-electron chi connectivity index (χ4n) is 1.25. The molecule has 2 aromatic carbocycles. The Bertz CT molecular complexity index is 388. The van der Waals surface area contributed by atoms with Gasteiger partial charge >= 0.3 is 103 Å². The van der Waals surface area contributed by atoms with Gasteiger partial charge in [0, 0.05) is 0 Å². The quantitative estimate of drug-likeness (QED) is 0.430. The van der Waals surface area contributed by atoms with E-state index in [2.05, 4.69) is 0 Å². The van der Waals surface area contributed by atoms with Crippen LogP contribution in [0, 0.1) is 0 Å². The molecule has 14 heavy (non-hydrogen) atoms. The molecule has 0 aliphatic rings. The third-order valence-corrected chi connectivity index (χ3v) is 1.84. The summed E-state index contributed by atoms with van der Waals surface area (Å²) < 4.78 is 0. The van der Waals surface area contributed by atoms with E-state index in [-0.39, 0.29) is 114 Å². The van der Waals surface area contributed by atoms with Gasteiger partial charge in [-0.3, -0.25) is 0 Å². The molecule has 0 fully saturated rings. The molecule has 0 heterocycles. The molecule has 0 aliphatic carbocycles. The Labute approximate surface area is 168 Å². The van der Waals surface area contributed by atoms with Crippen molar-refractivity contribution in [2.45, 2.75) is 0 Å². The van der Waals surface area contributed by atoms with Gasteiger partial charge in [-0.25, -0.2) is 0 Å². The zero-order chi connectivity index (χ0) is 8.55. The maximum atomic E-state index is 11.2. The summed E-state index contributed by atoms with van der Waals surface area (Å²) in [6.45, 7) is 0. The van der Waals surface area contributed by atoms with Crippen LogP contribution in [0.1, 0.15) is 0 Å². The maximum absolute atomic E-state index is 11.2. The summed E-state index contributed by atoms with van der Waals surface area (Å²) in [7, 11) is 0. The SMILES string of the molecule is [K+].[K+].[O-]c1cccc2c([O-])cccc12. The van der Waals surface area contributed by atoms with Crippen molar-refractivity contribution >= 4 is 10.8 Å². The number of rotatable bonds is 0. The minimum atomic E-state index is -0.0924. The Morgan fingerprint density at radius 1 is 0.643 bits per heavy atom. The molecule has 0 spiro atoms. The van der Waals surface area contributed by atoms with Crippen LogP contribution in [0.5, 0.6) is 11.5 Å². The van der Waals surface area contributed by atoms with Gasteiger partial charge in [0.05, 0.1) is 0 Å². The molecule has 0 amide bonds. The summed E-state index contributed by atoms with van der Waals surface area (Å²) in [6, 6.07) is 9.46. The molecule has 2 aromatic rings. The van der Waals surface area contributed by atoms with Crippen LogP contribution in [0.2, 0.25) is 0 Å². The first kappa shape index (κ1) is 15.6. The molecule has 0 radical (unpaired) electrons. The molecular weight excluding hydrogens is 230 g/mol. The summed E-state index contributed by atoms with van der Waals surface area (Å²) in [5.74, 6) is -0.185. The largest absolute Gasteiger partial charge is 1.00 e. The minimum absolute atomic E-state index is 0. The summed E-state index contributed by atoms with van der Waals surface area (Å²) in [5, 5.41) is 23.4. The van der Waals surface area contributed by atoms with Gasteiger partial charge in [-0.2, -0.15) is 0 Å². The minimum Gasteiger partial charge on any atom is -0.872 e. The predicted molar refractivity (Wildman–Crippen MR) is 42.8 cm³/mol. The molecule has 60 valence electrons. The summed E-state index contributed by atoms with van der Waals surface area (Å²) in [5.41, 5.74) is 0. The van der Waals surface area contributed by atoms with Gasteiger partial charge < -0.3 is 10.2 Å². The second-order valence-corrected chi connectivity index (χ2v) is 2.61. The maximum Gasteiger partial charge on any atom is 1.00 e. The van der Waals surface area contributed by atoms with Crippen molar-refractivity contribution < 1.29 is 113 Å². The second-order valence-electron chi connectivity index (χ2n) is 2.61.